The Morgan fingerprint density at radius 1 is 1.25 bits per heavy atom. The minimum absolute atomic E-state index is 0.0676. The molecule has 1 aromatic heterocycles. The summed E-state index contributed by atoms with van der Waals surface area (Å²) in [6.45, 7) is 3.84. The van der Waals surface area contributed by atoms with E-state index in [0.29, 0.717) is 59.7 Å². The van der Waals surface area contributed by atoms with Crippen LogP contribution in [0.15, 0.2) is 30.5 Å². The van der Waals surface area contributed by atoms with Gasteiger partial charge in [0.05, 0.1) is 24.3 Å². The first kappa shape index (κ1) is 25.1. The molecule has 5 rings (SSSR count). The van der Waals surface area contributed by atoms with Crippen LogP contribution in [-0.2, 0) is 16.1 Å². The molecule has 3 aliphatic heterocycles. The average Bonchev–Trinajstić information content (AvgIpc) is 3.28. The van der Waals surface area contributed by atoms with E-state index in [0.717, 1.165) is 25.8 Å². The van der Waals surface area contributed by atoms with Gasteiger partial charge in [-0.15, -0.1) is 0 Å². The number of amides is 2. The topological polar surface area (TPSA) is 110 Å². The molecule has 9 nitrogen and oxygen atoms in total. The molecule has 0 aliphatic carbocycles. The largest absolute Gasteiger partial charge is 0.485 e. The summed E-state index contributed by atoms with van der Waals surface area (Å²) in [6, 6.07) is 7.08. The van der Waals surface area contributed by atoms with E-state index in [1.165, 1.54) is 6.20 Å². The highest BCUT2D eigenvalue weighted by Gasteiger charge is 2.45. The number of aromatic nitrogens is 1. The normalized spacial score (nSPS) is 22.0. The zero-order chi connectivity index (χ0) is 25.3. The van der Waals surface area contributed by atoms with Crippen LogP contribution >= 0.6 is 23.2 Å². The first-order valence-electron chi connectivity index (χ1n) is 12.1. The fraction of sp³-hybridized carbons (Fsp3) is 0.480. The van der Waals surface area contributed by atoms with Crippen molar-refractivity contribution >= 4 is 40.8 Å². The highest BCUT2D eigenvalue weighted by Crippen LogP contribution is 2.38. The van der Waals surface area contributed by atoms with Crippen molar-refractivity contribution in [2.75, 3.05) is 45.1 Å². The molecule has 0 bridgehead atoms. The molecule has 1 unspecified atom stereocenters. The third-order valence-corrected chi connectivity index (χ3v) is 8.01. The molecule has 2 aromatic rings. The van der Waals surface area contributed by atoms with Gasteiger partial charge in [0.25, 0.3) is 5.91 Å². The van der Waals surface area contributed by atoms with E-state index in [9.17, 15) is 9.59 Å². The van der Waals surface area contributed by atoms with Crippen molar-refractivity contribution in [3.63, 3.8) is 0 Å². The number of carbonyl (C=O) groups excluding carboxylic acids is 2. The molecule has 3 fully saturated rings. The number of pyridine rings is 1. The van der Waals surface area contributed by atoms with Crippen LogP contribution in [0.25, 0.3) is 0 Å². The van der Waals surface area contributed by atoms with Crippen LogP contribution in [0.3, 0.4) is 0 Å². The highest BCUT2D eigenvalue weighted by molar-refractivity contribution is 6.35. The van der Waals surface area contributed by atoms with Crippen LogP contribution in [0.4, 0.5) is 5.82 Å². The van der Waals surface area contributed by atoms with Gasteiger partial charge < -0.3 is 25.4 Å². The number of piperidine rings is 1. The van der Waals surface area contributed by atoms with Crippen molar-refractivity contribution in [2.45, 2.75) is 37.5 Å². The van der Waals surface area contributed by atoms with Gasteiger partial charge in [0.1, 0.15) is 6.61 Å². The number of nitrogens with zero attached hydrogens (tertiary/aromatic N) is 3. The maximum absolute atomic E-state index is 13.3. The van der Waals surface area contributed by atoms with Gasteiger partial charge in [0.15, 0.2) is 11.6 Å². The first-order valence-corrected chi connectivity index (χ1v) is 12.8. The molecule has 3 N–H and O–H groups in total. The van der Waals surface area contributed by atoms with Crippen LogP contribution in [0.5, 0.6) is 5.75 Å². The van der Waals surface area contributed by atoms with Crippen molar-refractivity contribution in [3.8, 4) is 5.75 Å². The summed E-state index contributed by atoms with van der Waals surface area (Å²) in [6.07, 6.45) is 3.87. The summed E-state index contributed by atoms with van der Waals surface area (Å²) in [5.74, 6) is 0.431. The van der Waals surface area contributed by atoms with Gasteiger partial charge in [-0.3, -0.25) is 14.5 Å². The summed E-state index contributed by atoms with van der Waals surface area (Å²) >= 11 is 12.5. The van der Waals surface area contributed by atoms with Gasteiger partial charge in [-0.1, -0.05) is 29.3 Å². The maximum atomic E-state index is 13.3. The van der Waals surface area contributed by atoms with Gasteiger partial charge in [0.2, 0.25) is 5.91 Å². The lowest BCUT2D eigenvalue weighted by molar-refractivity contribution is -0.124. The van der Waals surface area contributed by atoms with Crippen molar-refractivity contribution in [2.24, 2.45) is 0 Å². The van der Waals surface area contributed by atoms with E-state index in [1.807, 2.05) is 4.90 Å². The summed E-state index contributed by atoms with van der Waals surface area (Å²) < 4.78 is 12.1. The monoisotopic (exact) mass is 533 g/mol. The molecule has 3 aliphatic rings. The number of hydrogen-bond acceptors (Lipinski definition) is 7. The number of carbonyl (C=O) groups is 2. The lowest BCUT2D eigenvalue weighted by Gasteiger charge is -2.39. The Morgan fingerprint density at radius 3 is 2.72 bits per heavy atom. The predicted octanol–water partition coefficient (Wildman–Crippen LogP) is 2.75. The summed E-state index contributed by atoms with van der Waals surface area (Å²) in [4.78, 5) is 33.2. The second-order valence-electron chi connectivity index (χ2n) is 9.56. The number of ether oxygens (including phenoxy) is 2. The zero-order valence-electron chi connectivity index (χ0n) is 19.8. The van der Waals surface area contributed by atoms with E-state index in [-0.39, 0.29) is 35.9 Å². The maximum Gasteiger partial charge on any atom is 0.255 e. The molecule has 0 saturated carbocycles. The first-order chi connectivity index (χ1) is 17.3. The molecule has 1 spiro atoms. The van der Waals surface area contributed by atoms with E-state index >= 15 is 0 Å². The van der Waals surface area contributed by atoms with Crippen LogP contribution in [0.2, 0.25) is 10.0 Å². The summed E-state index contributed by atoms with van der Waals surface area (Å²) in [7, 11) is 0. The Kier molecular flexibility index (Phi) is 7.25. The van der Waals surface area contributed by atoms with Crippen LogP contribution in [-0.4, -0.2) is 77.6 Å². The van der Waals surface area contributed by atoms with Crippen LogP contribution < -0.4 is 15.8 Å². The van der Waals surface area contributed by atoms with Crippen molar-refractivity contribution in [1.82, 2.24) is 20.1 Å². The third kappa shape index (κ3) is 5.25. The number of halogens is 2. The Bertz CT molecular complexity index is 1140. The van der Waals surface area contributed by atoms with Gasteiger partial charge in [-0.2, -0.15) is 0 Å². The van der Waals surface area contributed by atoms with Gasteiger partial charge in [0, 0.05) is 54.0 Å². The molecule has 4 heterocycles. The van der Waals surface area contributed by atoms with Crippen molar-refractivity contribution in [3.05, 3.63) is 51.6 Å². The molecule has 192 valence electrons. The molecule has 0 radical (unpaired) electrons. The van der Waals surface area contributed by atoms with Crippen LogP contribution in [0.1, 0.15) is 35.2 Å². The molecule has 11 heteroatoms. The highest BCUT2D eigenvalue weighted by atomic mass is 35.5. The average molecular weight is 534 g/mol. The zero-order valence-corrected chi connectivity index (χ0v) is 21.4. The smallest absolute Gasteiger partial charge is 0.255 e. The van der Waals surface area contributed by atoms with Gasteiger partial charge in [-0.25, -0.2) is 4.98 Å². The predicted molar refractivity (Wildman–Crippen MR) is 136 cm³/mol. The molecular formula is C25H29Cl2N5O4. The van der Waals surface area contributed by atoms with E-state index in [4.69, 9.17) is 38.4 Å². The number of hydrogen-bond donors (Lipinski definition) is 2. The Labute approximate surface area is 219 Å². The summed E-state index contributed by atoms with van der Waals surface area (Å²) in [5, 5.41) is 3.85. The SMILES string of the molecule is Nc1ncc(C(=O)N2CCC3(CC2)CC(N2CCNC(=O)C2)CO3)cc1OCc1c(Cl)cccc1Cl. The molecule has 3 saturated heterocycles. The fourth-order valence-electron chi connectivity index (χ4n) is 5.18. The van der Waals surface area contributed by atoms with E-state index in [2.05, 4.69) is 15.2 Å². The van der Waals surface area contributed by atoms with E-state index in [1.54, 1.807) is 24.3 Å². The Hall–Kier alpha value is -2.59. The van der Waals surface area contributed by atoms with Gasteiger partial charge >= 0.3 is 0 Å². The van der Waals surface area contributed by atoms with Crippen molar-refractivity contribution in [1.29, 1.82) is 0 Å². The molecule has 1 atom stereocenters. The number of nitrogens with two attached hydrogens (primary N) is 1. The van der Waals surface area contributed by atoms with E-state index < -0.39 is 0 Å². The minimum atomic E-state index is -0.239. The quantitative estimate of drug-likeness (QED) is 0.607. The second-order valence-corrected chi connectivity index (χ2v) is 10.4. The number of anilines is 1. The Balaban J connectivity index is 1.19. The number of rotatable bonds is 5. The second kappa shape index (κ2) is 10.4. The molecule has 2 amide bonds. The standard InChI is InChI=1S/C25H29Cl2N5O4/c26-19-2-1-3-20(27)18(19)15-35-21-10-16(12-30-23(21)28)24(34)31-7-4-25(5-8-31)11-17(14-36-25)32-9-6-29-22(33)13-32/h1-3,10,12,17H,4-9,11,13-15H2,(H2,28,30)(H,29,33). The molecule has 36 heavy (non-hydrogen) atoms. The number of likely N-dealkylation sites (tertiary alicyclic amines) is 1. The number of piperazine rings is 1. The Morgan fingerprint density at radius 2 is 2.00 bits per heavy atom. The number of nitrogens with one attached hydrogen (secondary N) is 1. The van der Waals surface area contributed by atoms with Gasteiger partial charge in [-0.05, 0) is 37.5 Å². The molecular weight excluding hydrogens is 505 g/mol. The summed E-state index contributed by atoms with van der Waals surface area (Å²) in [5.41, 5.74) is 6.80. The number of benzene rings is 1. The fourth-order valence-corrected chi connectivity index (χ4v) is 5.69. The lowest BCUT2D eigenvalue weighted by atomic mass is 9.86. The molecule has 1 aromatic carbocycles. The third-order valence-electron chi connectivity index (χ3n) is 7.30. The number of nitrogen functional groups attached to an aromatic ring is 1. The van der Waals surface area contributed by atoms with Crippen LogP contribution in [0, 0.1) is 0 Å². The lowest BCUT2D eigenvalue weighted by Crippen LogP contribution is -2.52. The van der Waals surface area contributed by atoms with Crippen molar-refractivity contribution < 1.29 is 19.1 Å². The minimum Gasteiger partial charge on any atom is -0.485 e.